The maximum absolute atomic E-state index is 11.5. The van der Waals surface area contributed by atoms with Gasteiger partial charge in [-0.3, -0.25) is 4.90 Å². The second kappa shape index (κ2) is 3.84. The zero-order valence-electron chi connectivity index (χ0n) is 9.51. The van der Waals surface area contributed by atoms with Gasteiger partial charge in [-0.1, -0.05) is 6.07 Å². The summed E-state index contributed by atoms with van der Waals surface area (Å²) in [5, 5.41) is 0. The molecule has 2 heterocycles. The van der Waals surface area contributed by atoms with Gasteiger partial charge >= 0.3 is 6.09 Å². The Morgan fingerprint density at radius 2 is 2.06 bits per heavy atom. The highest BCUT2D eigenvalue weighted by molar-refractivity contribution is 5.70. The predicted octanol–water partition coefficient (Wildman–Crippen LogP) is 1.93. The van der Waals surface area contributed by atoms with E-state index in [0.29, 0.717) is 13.2 Å². The number of nitrogens with zero attached hydrogens (tertiary/aromatic N) is 1. The molecule has 1 aromatic carbocycles. The first-order valence-corrected chi connectivity index (χ1v) is 5.58. The number of hydrogen-bond donors (Lipinski definition) is 0. The Morgan fingerprint density at radius 3 is 2.82 bits per heavy atom. The maximum Gasteiger partial charge on any atom is 0.410 e. The number of benzene rings is 1. The number of carbonyl (C=O) groups excluding carboxylic acids is 1. The van der Waals surface area contributed by atoms with E-state index in [9.17, 15) is 4.79 Å². The second-order valence-electron chi connectivity index (χ2n) is 4.10. The largest absolute Gasteiger partial charge is 0.454 e. The van der Waals surface area contributed by atoms with Crippen LogP contribution in [-0.2, 0) is 4.74 Å². The molecule has 2 aliphatic heterocycles. The van der Waals surface area contributed by atoms with Crippen LogP contribution in [0.15, 0.2) is 18.2 Å². The molecule has 0 N–H and O–H groups in total. The number of fused-ring (bicyclic) bond motifs is 1. The third-order valence-corrected chi connectivity index (χ3v) is 3.14. The van der Waals surface area contributed by atoms with E-state index in [0.717, 1.165) is 17.1 Å². The Kier molecular flexibility index (Phi) is 2.31. The van der Waals surface area contributed by atoms with E-state index < -0.39 is 0 Å². The molecule has 1 aromatic rings. The van der Waals surface area contributed by atoms with Gasteiger partial charge in [-0.2, -0.15) is 0 Å². The number of ether oxygens (including phenoxy) is 3. The fraction of sp³-hybridized carbons (Fsp3) is 0.417. The molecule has 3 rings (SSSR count). The molecule has 1 unspecified atom stereocenters. The summed E-state index contributed by atoms with van der Waals surface area (Å²) in [7, 11) is 0. The number of carbonyl (C=O) groups is 1. The van der Waals surface area contributed by atoms with Gasteiger partial charge in [-0.05, 0) is 24.6 Å². The van der Waals surface area contributed by atoms with Crippen LogP contribution in [-0.4, -0.2) is 30.9 Å². The quantitative estimate of drug-likeness (QED) is 0.785. The summed E-state index contributed by atoms with van der Waals surface area (Å²) >= 11 is 0. The van der Waals surface area contributed by atoms with Crippen molar-refractivity contribution in [2.45, 2.75) is 13.0 Å². The summed E-state index contributed by atoms with van der Waals surface area (Å²) in [5.74, 6) is 1.49. The molecule has 0 radical (unpaired) electrons. The molecule has 90 valence electrons. The summed E-state index contributed by atoms with van der Waals surface area (Å²) in [5.41, 5.74) is 1.02. The number of cyclic esters (lactones) is 1. The number of hydrogen-bond acceptors (Lipinski definition) is 4. The monoisotopic (exact) mass is 235 g/mol. The highest BCUT2D eigenvalue weighted by Gasteiger charge is 2.28. The Morgan fingerprint density at radius 1 is 1.24 bits per heavy atom. The minimum Gasteiger partial charge on any atom is -0.454 e. The minimum absolute atomic E-state index is 0.0144. The lowest BCUT2D eigenvalue weighted by molar-refractivity contribution is 0.150. The van der Waals surface area contributed by atoms with E-state index in [1.165, 1.54) is 0 Å². The van der Waals surface area contributed by atoms with E-state index in [4.69, 9.17) is 14.2 Å². The molecule has 1 amide bonds. The summed E-state index contributed by atoms with van der Waals surface area (Å²) in [6, 6.07) is 5.72. The molecular formula is C12H13NO4. The highest BCUT2D eigenvalue weighted by atomic mass is 16.7. The second-order valence-corrected chi connectivity index (χ2v) is 4.10. The van der Waals surface area contributed by atoms with Gasteiger partial charge in [0.1, 0.15) is 6.61 Å². The van der Waals surface area contributed by atoms with Crippen LogP contribution in [0.5, 0.6) is 11.5 Å². The molecule has 5 heteroatoms. The van der Waals surface area contributed by atoms with Crippen LogP contribution in [0.1, 0.15) is 18.5 Å². The minimum atomic E-state index is -0.254. The van der Waals surface area contributed by atoms with Gasteiger partial charge < -0.3 is 14.2 Å². The van der Waals surface area contributed by atoms with Crippen molar-refractivity contribution in [2.24, 2.45) is 0 Å². The summed E-state index contributed by atoms with van der Waals surface area (Å²) in [6.07, 6.45) is -0.254. The first-order chi connectivity index (χ1) is 8.25. The van der Waals surface area contributed by atoms with E-state index >= 15 is 0 Å². The lowest BCUT2D eigenvalue weighted by Gasteiger charge is -2.22. The maximum atomic E-state index is 11.5. The predicted molar refractivity (Wildman–Crippen MR) is 59.0 cm³/mol. The Hall–Kier alpha value is -1.91. The molecule has 5 nitrogen and oxygen atoms in total. The fourth-order valence-electron chi connectivity index (χ4n) is 2.11. The third-order valence-electron chi connectivity index (χ3n) is 3.14. The molecule has 0 spiro atoms. The molecule has 17 heavy (non-hydrogen) atoms. The van der Waals surface area contributed by atoms with Crippen molar-refractivity contribution < 1.29 is 19.0 Å². The third kappa shape index (κ3) is 1.67. The smallest absolute Gasteiger partial charge is 0.410 e. The van der Waals surface area contributed by atoms with Gasteiger partial charge in [0.2, 0.25) is 6.79 Å². The first-order valence-electron chi connectivity index (χ1n) is 5.58. The van der Waals surface area contributed by atoms with Crippen molar-refractivity contribution in [3.63, 3.8) is 0 Å². The van der Waals surface area contributed by atoms with Crippen LogP contribution in [0, 0.1) is 0 Å². The zero-order valence-corrected chi connectivity index (χ0v) is 9.51. The average molecular weight is 235 g/mol. The first kappa shape index (κ1) is 10.3. The van der Waals surface area contributed by atoms with Crippen molar-refractivity contribution in [1.29, 1.82) is 0 Å². The van der Waals surface area contributed by atoms with Crippen LogP contribution < -0.4 is 9.47 Å². The summed E-state index contributed by atoms with van der Waals surface area (Å²) < 4.78 is 15.5. The summed E-state index contributed by atoms with van der Waals surface area (Å²) in [4.78, 5) is 13.2. The van der Waals surface area contributed by atoms with Gasteiger partial charge in [-0.15, -0.1) is 0 Å². The van der Waals surface area contributed by atoms with Crippen molar-refractivity contribution in [1.82, 2.24) is 4.90 Å². The van der Waals surface area contributed by atoms with Crippen molar-refractivity contribution in [3.8, 4) is 11.5 Å². The SMILES string of the molecule is CC(c1ccc2c(c1)OCO2)N1CCOC1=O. The molecule has 0 bridgehead atoms. The van der Waals surface area contributed by atoms with Crippen LogP contribution in [0.25, 0.3) is 0 Å². The topological polar surface area (TPSA) is 48.0 Å². The molecule has 1 saturated heterocycles. The molecular weight excluding hydrogens is 222 g/mol. The Balaban J connectivity index is 1.86. The van der Waals surface area contributed by atoms with Crippen LogP contribution in [0.2, 0.25) is 0 Å². The van der Waals surface area contributed by atoms with E-state index in [1.54, 1.807) is 4.90 Å². The average Bonchev–Trinajstić information content (AvgIpc) is 2.95. The zero-order chi connectivity index (χ0) is 11.8. The number of rotatable bonds is 2. The van der Waals surface area contributed by atoms with Crippen LogP contribution in [0.3, 0.4) is 0 Å². The van der Waals surface area contributed by atoms with Gasteiger partial charge in [-0.25, -0.2) is 4.79 Å². The Labute approximate surface area is 98.9 Å². The molecule has 1 atom stereocenters. The summed E-state index contributed by atoms with van der Waals surface area (Å²) in [6.45, 7) is 3.34. The van der Waals surface area contributed by atoms with Gasteiger partial charge in [0.05, 0.1) is 12.6 Å². The lowest BCUT2D eigenvalue weighted by atomic mass is 10.1. The molecule has 1 fully saturated rings. The fourth-order valence-corrected chi connectivity index (χ4v) is 2.11. The van der Waals surface area contributed by atoms with E-state index in [1.807, 2.05) is 25.1 Å². The molecule has 0 aromatic heterocycles. The van der Waals surface area contributed by atoms with Crippen LogP contribution in [0.4, 0.5) is 4.79 Å². The molecule has 2 aliphatic rings. The standard InChI is InChI=1S/C12H13NO4/c1-8(13-4-5-15-12(13)14)9-2-3-10-11(6-9)17-7-16-10/h2-3,6,8H,4-5,7H2,1H3. The van der Waals surface area contributed by atoms with Crippen molar-refractivity contribution in [2.75, 3.05) is 19.9 Å². The highest BCUT2D eigenvalue weighted by Crippen LogP contribution is 2.35. The van der Waals surface area contributed by atoms with Gasteiger partial charge in [0.25, 0.3) is 0 Å². The molecule has 0 aliphatic carbocycles. The van der Waals surface area contributed by atoms with Crippen molar-refractivity contribution in [3.05, 3.63) is 23.8 Å². The Bertz CT molecular complexity index is 460. The van der Waals surface area contributed by atoms with Crippen LogP contribution >= 0.6 is 0 Å². The van der Waals surface area contributed by atoms with Gasteiger partial charge in [0.15, 0.2) is 11.5 Å². The molecule has 0 saturated carbocycles. The van der Waals surface area contributed by atoms with E-state index in [-0.39, 0.29) is 18.9 Å². The van der Waals surface area contributed by atoms with Crippen molar-refractivity contribution >= 4 is 6.09 Å². The van der Waals surface area contributed by atoms with Gasteiger partial charge in [0, 0.05) is 0 Å². The lowest BCUT2D eigenvalue weighted by Crippen LogP contribution is -2.27. The number of amides is 1. The normalized spacial score (nSPS) is 19.4. The van der Waals surface area contributed by atoms with E-state index in [2.05, 4.69) is 0 Å².